The first-order chi connectivity index (χ1) is 10.6. The van der Waals surface area contributed by atoms with Crippen molar-refractivity contribution in [2.75, 3.05) is 0 Å². The predicted molar refractivity (Wildman–Crippen MR) is 87.2 cm³/mol. The van der Waals surface area contributed by atoms with E-state index in [-0.39, 0.29) is 5.69 Å². The second-order valence-electron chi connectivity index (χ2n) is 5.18. The van der Waals surface area contributed by atoms with Crippen LogP contribution in [0.25, 0.3) is 33.3 Å². The zero-order valence-corrected chi connectivity index (χ0v) is 12.4. The summed E-state index contributed by atoms with van der Waals surface area (Å²) in [5, 5.41) is 1.36. The van der Waals surface area contributed by atoms with E-state index in [1.54, 1.807) is 6.20 Å². The lowest BCUT2D eigenvalue weighted by atomic mass is 10.1. The molecule has 2 N–H and O–H groups in total. The Balaban J connectivity index is 2.01. The molecule has 0 saturated heterocycles. The third kappa shape index (κ3) is 1.98. The summed E-state index contributed by atoms with van der Waals surface area (Å²) in [6.07, 6.45) is 1.81. The van der Waals surface area contributed by atoms with Gasteiger partial charge in [-0.2, -0.15) is 0 Å². The number of benzene rings is 1. The average Bonchev–Trinajstić information content (AvgIpc) is 2.86. The van der Waals surface area contributed by atoms with Gasteiger partial charge in [-0.3, -0.25) is 9.97 Å². The first-order valence-electron chi connectivity index (χ1n) is 6.76. The molecule has 5 nitrogen and oxygen atoms in total. The summed E-state index contributed by atoms with van der Waals surface area (Å²) < 4.78 is 0. The lowest BCUT2D eigenvalue weighted by Gasteiger charge is -2.07. The molecule has 6 heteroatoms. The van der Waals surface area contributed by atoms with E-state index in [2.05, 4.69) is 19.9 Å². The Kier molecular flexibility index (Phi) is 2.77. The van der Waals surface area contributed by atoms with E-state index in [1.165, 1.54) is 0 Å². The lowest BCUT2D eigenvalue weighted by molar-refractivity contribution is 1.20. The van der Waals surface area contributed by atoms with Gasteiger partial charge in [-0.05, 0) is 36.8 Å². The number of aryl methyl sites for hydroxylation is 1. The SMILES string of the molecule is Cc1ccc(-c2ccc3nc4[nH]c(=O)[nH]c4cc3c2Cl)nc1. The summed E-state index contributed by atoms with van der Waals surface area (Å²) in [6.45, 7) is 1.99. The minimum absolute atomic E-state index is 0.283. The maximum absolute atomic E-state index is 11.4. The molecular formula is C16H11ClN4O. The molecule has 0 amide bonds. The molecule has 0 bridgehead atoms. The van der Waals surface area contributed by atoms with E-state index >= 15 is 0 Å². The summed E-state index contributed by atoms with van der Waals surface area (Å²) in [5.74, 6) is 0. The van der Waals surface area contributed by atoms with Crippen LogP contribution < -0.4 is 5.69 Å². The van der Waals surface area contributed by atoms with Crippen molar-refractivity contribution in [3.8, 4) is 11.3 Å². The Morgan fingerprint density at radius 1 is 1.14 bits per heavy atom. The van der Waals surface area contributed by atoms with Crippen molar-refractivity contribution in [3.63, 3.8) is 0 Å². The molecule has 3 heterocycles. The number of aromatic amines is 2. The number of aromatic nitrogens is 4. The molecule has 0 unspecified atom stereocenters. The van der Waals surface area contributed by atoms with E-state index in [9.17, 15) is 4.79 Å². The number of halogens is 1. The molecule has 0 aliphatic carbocycles. The van der Waals surface area contributed by atoms with Gasteiger partial charge in [0.2, 0.25) is 0 Å². The van der Waals surface area contributed by atoms with Crippen LogP contribution in [0.5, 0.6) is 0 Å². The number of nitrogens with one attached hydrogen (secondary N) is 2. The Morgan fingerprint density at radius 3 is 2.77 bits per heavy atom. The van der Waals surface area contributed by atoms with Crippen molar-refractivity contribution < 1.29 is 0 Å². The van der Waals surface area contributed by atoms with E-state index in [1.807, 2.05) is 37.3 Å². The maximum atomic E-state index is 11.4. The first-order valence-corrected chi connectivity index (χ1v) is 7.14. The van der Waals surface area contributed by atoms with E-state index < -0.39 is 0 Å². The number of fused-ring (bicyclic) bond motifs is 2. The number of hydrogen-bond acceptors (Lipinski definition) is 3. The number of hydrogen-bond donors (Lipinski definition) is 2. The number of rotatable bonds is 1. The lowest BCUT2D eigenvalue weighted by Crippen LogP contribution is -1.99. The third-order valence-electron chi connectivity index (χ3n) is 3.60. The maximum Gasteiger partial charge on any atom is 0.325 e. The molecule has 4 aromatic rings. The van der Waals surface area contributed by atoms with Gasteiger partial charge in [-0.25, -0.2) is 9.78 Å². The summed E-state index contributed by atoms with van der Waals surface area (Å²) in [5.41, 5.74) is 4.34. The molecule has 0 aliphatic heterocycles. The molecule has 108 valence electrons. The van der Waals surface area contributed by atoms with Crippen molar-refractivity contribution >= 4 is 33.7 Å². The van der Waals surface area contributed by atoms with Gasteiger partial charge in [0.15, 0.2) is 5.65 Å². The first kappa shape index (κ1) is 13.0. The molecule has 0 fully saturated rings. The van der Waals surface area contributed by atoms with Crippen molar-refractivity contribution in [2.45, 2.75) is 6.92 Å². The highest BCUT2D eigenvalue weighted by Gasteiger charge is 2.11. The van der Waals surface area contributed by atoms with Crippen LogP contribution in [0.1, 0.15) is 5.56 Å². The molecule has 3 aromatic heterocycles. The van der Waals surface area contributed by atoms with Crippen LogP contribution in [0, 0.1) is 6.92 Å². The Bertz CT molecular complexity index is 1060. The molecule has 22 heavy (non-hydrogen) atoms. The van der Waals surface area contributed by atoms with Gasteiger partial charge >= 0.3 is 5.69 Å². The second-order valence-corrected chi connectivity index (χ2v) is 5.56. The Morgan fingerprint density at radius 2 is 2.00 bits per heavy atom. The number of nitrogens with zero attached hydrogens (tertiary/aromatic N) is 2. The molecule has 1 aromatic carbocycles. The fraction of sp³-hybridized carbons (Fsp3) is 0.0625. The Labute approximate surface area is 130 Å². The van der Waals surface area contributed by atoms with Gasteiger partial charge in [0.25, 0.3) is 0 Å². The van der Waals surface area contributed by atoms with Gasteiger partial charge in [-0.15, -0.1) is 0 Å². The average molecular weight is 311 g/mol. The molecule has 0 radical (unpaired) electrons. The third-order valence-corrected chi connectivity index (χ3v) is 4.01. The van der Waals surface area contributed by atoms with Crippen LogP contribution in [0.3, 0.4) is 0 Å². The summed E-state index contributed by atoms with van der Waals surface area (Å²) in [4.78, 5) is 25.6. The number of pyridine rings is 2. The highest BCUT2D eigenvalue weighted by atomic mass is 35.5. The van der Waals surface area contributed by atoms with Crippen LogP contribution in [0.15, 0.2) is 41.3 Å². The van der Waals surface area contributed by atoms with Gasteiger partial charge < -0.3 is 4.98 Å². The number of H-pyrrole nitrogens is 2. The molecule has 4 rings (SSSR count). The minimum Gasteiger partial charge on any atom is -0.304 e. The molecule has 0 saturated carbocycles. The molecule has 0 spiro atoms. The quantitative estimate of drug-likeness (QED) is 0.565. The molecular weight excluding hydrogens is 300 g/mol. The largest absolute Gasteiger partial charge is 0.325 e. The minimum atomic E-state index is -0.283. The highest BCUT2D eigenvalue weighted by molar-refractivity contribution is 6.38. The van der Waals surface area contributed by atoms with Gasteiger partial charge in [0.05, 0.1) is 21.7 Å². The van der Waals surface area contributed by atoms with Crippen LogP contribution in [-0.2, 0) is 0 Å². The zero-order chi connectivity index (χ0) is 15.3. The second kappa shape index (κ2) is 4.68. The van der Waals surface area contributed by atoms with Crippen LogP contribution in [0.4, 0.5) is 0 Å². The van der Waals surface area contributed by atoms with E-state index in [4.69, 9.17) is 11.6 Å². The van der Waals surface area contributed by atoms with Gasteiger partial charge in [-0.1, -0.05) is 17.7 Å². The summed E-state index contributed by atoms with van der Waals surface area (Å²) >= 11 is 6.54. The fourth-order valence-electron chi connectivity index (χ4n) is 2.49. The van der Waals surface area contributed by atoms with Crippen LogP contribution in [-0.4, -0.2) is 19.9 Å². The van der Waals surface area contributed by atoms with Crippen molar-refractivity contribution in [1.29, 1.82) is 0 Å². The van der Waals surface area contributed by atoms with Gasteiger partial charge in [0, 0.05) is 17.1 Å². The number of imidazole rings is 1. The van der Waals surface area contributed by atoms with Crippen LogP contribution >= 0.6 is 11.6 Å². The van der Waals surface area contributed by atoms with E-state index in [0.29, 0.717) is 16.2 Å². The smallest absolute Gasteiger partial charge is 0.304 e. The van der Waals surface area contributed by atoms with Crippen LogP contribution in [0.2, 0.25) is 5.02 Å². The molecule has 0 aliphatic rings. The van der Waals surface area contributed by atoms with Crippen molar-refractivity contribution in [2.24, 2.45) is 0 Å². The van der Waals surface area contributed by atoms with Crippen molar-refractivity contribution in [3.05, 3.63) is 57.6 Å². The zero-order valence-electron chi connectivity index (χ0n) is 11.6. The standard InChI is InChI=1S/C16H11ClN4O/c1-8-2-4-11(18-7-8)9-3-5-12-10(14(9)17)6-13-15(19-12)21-16(22)20-13/h2-7H,1H3,(H2,19,20,21,22). The fourth-order valence-corrected chi connectivity index (χ4v) is 2.80. The summed E-state index contributed by atoms with van der Waals surface area (Å²) in [7, 11) is 0. The van der Waals surface area contributed by atoms with Gasteiger partial charge in [0.1, 0.15) is 0 Å². The Hall–Kier alpha value is -2.66. The predicted octanol–water partition coefficient (Wildman–Crippen LogP) is 3.43. The van der Waals surface area contributed by atoms with Crippen molar-refractivity contribution in [1.82, 2.24) is 19.9 Å². The monoisotopic (exact) mass is 310 g/mol. The van der Waals surface area contributed by atoms with E-state index in [0.717, 1.165) is 27.7 Å². The molecule has 0 atom stereocenters. The highest BCUT2D eigenvalue weighted by Crippen LogP contribution is 2.33. The normalized spacial score (nSPS) is 11.4. The summed E-state index contributed by atoms with van der Waals surface area (Å²) in [6, 6.07) is 9.53. The topological polar surface area (TPSA) is 74.4 Å².